The van der Waals surface area contributed by atoms with Crippen LogP contribution in [-0.4, -0.2) is 6.54 Å². The first kappa shape index (κ1) is 15.6. The van der Waals surface area contributed by atoms with Gasteiger partial charge in [0, 0.05) is 12.1 Å². The number of rotatable bonds is 7. The second-order valence-corrected chi connectivity index (χ2v) is 5.30. The molecule has 0 spiro atoms. The van der Waals surface area contributed by atoms with E-state index >= 15 is 0 Å². The van der Waals surface area contributed by atoms with Gasteiger partial charge >= 0.3 is 0 Å². The van der Waals surface area contributed by atoms with E-state index in [-0.39, 0.29) is 0 Å². The average Bonchev–Trinajstić information content (AvgIpc) is 2.52. The van der Waals surface area contributed by atoms with Crippen molar-refractivity contribution >= 4 is 0 Å². The molecule has 0 saturated heterocycles. The van der Waals surface area contributed by atoms with E-state index in [4.69, 9.17) is 4.74 Å². The highest BCUT2D eigenvalue weighted by molar-refractivity contribution is 5.41. The Morgan fingerprint density at radius 2 is 1.67 bits per heavy atom. The van der Waals surface area contributed by atoms with E-state index in [1.54, 1.807) is 0 Å². The summed E-state index contributed by atoms with van der Waals surface area (Å²) in [5.41, 5.74) is 4.99. The van der Waals surface area contributed by atoms with Crippen LogP contribution in [0.5, 0.6) is 5.75 Å². The van der Waals surface area contributed by atoms with Gasteiger partial charge in [-0.1, -0.05) is 56.3 Å². The number of hydrogen-bond acceptors (Lipinski definition) is 2. The summed E-state index contributed by atoms with van der Waals surface area (Å²) in [5.74, 6) is 1.01. The van der Waals surface area contributed by atoms with Crippen LogP contribution in [0.3, 0.4) is 0 Å². The van der Waals surface area contributed by atoms with E-state index in [0.29, 0.717) is 6.61 Å². The topological polar surface area (TPSA) is 21.3 Å². The molecule has 2 nitrogen and oxygen atoms in total. The van der Waals surface area contributed by atoms with Crippen molar-refractivity contribution in [2.75, 3.05) is 6.54 Å². The zero-order valence-electron chi connectivity index (χ0n) is 13.3. The lowest BCUT2D eigenvalue weighted by atomic mass is 10.1. The lowest BCUT2D eigenvalue weighted by Crippen LogP contribution is -2.13. The number of aryl methyl sites for hydroxylation is 2. The maximum absolute atomic E-state index is 6.08. The molecule has 0 heterocycles. The molecule has 0 bridgehead atoms. The van der Waals surface area contributed by atoms with Gasteiger partial charge < -0.3 is 10.1 Å². The van der Waals surface area contributed by atoms with E-state index in [2.05, 4.69) is 68.6 Å². The summed E-state index contributed by atoms with van der Waals surface area (Å²) in [5, 5.41) is 3.37. The van der Waals surface area contributed by atoms with Gasteiger partial charge in [-0.3, -0.25) is 0 Å². The summed E-state index contributed by atoms with van der Waals surface area (Å²) >= 11 is 0. The summed E-state index contributed by atoms with van der Waals surface area (Å²) < 4.78 is 6.08. The Hall–Kier alpha value is -1.80. The lowest BCUT2D eigenvalue weighted by Gasteiger charge is -2.14. The minimum Gasteiger partial charge on any atom is -0.488 e. The van der Waals surface area contributed by atoms with Crippen molar-refractivity contribution in [2.45, 2.75) is 40.3 Å². The van der Waals surface area contributed by atoms with Gasteiger partial charge in [0.25, 0.3) is 0 Å². The average molecular weight is 283 g/mol. The summed E-state index contributed by atoms with van der Waals surface area (Å²) in [7, 11) is 0. The van der Waals surface area contributed by atoms with Gasteiger partial charge in [-0.25, -0.2) is 0 Å². The molecule has 0 fully saturated rings. The Balaban J connectivity index is 2.07. The quantitative estimate of drug-likeness (QED) is 0.820. The van der Waals surface area contributed by atoms with E-state index in [0.717, 1.165) is 25.3 Å². The van der Waals surface area contributed by atoms with Crippen LogP contribution in [0.25, 0.3) is 0 Å². The van der Waals surface area contributed by atoms with Gasteiger partial charge in [0.05, 0.1) is 0 Å². The summed E-state index contributed by atoms with van der Waals surface area (Å²) in [6, 6.07) is 15.0. The fraction of sp³-hybridized carbons (Fsp3) is 0.368. The van der Waals surface area contributed by atoms with Crippen LogP contribution in [0.4, 0.5) is 0 Å². The lowest BCUT2D eigenvalue weighted by molar-refractivity contribution is 0.300. The molecule has 1 N–H and O–H groups in total. The zero-order valence-corrected chi connectivity index (χ0v) is 13.3. The molecule has 21 heavy (non-hydrogen) atoms. The van der Waals surface area contributed by atoms with E-state index in [1.165, 1.54) is 22.3 Å². The van der Waals surface area contributed by atoms with Crippen LogP contribution in [0, 0.1) is 6.92 Å². The number of benzene rings is 2. The molecule has 2 rings (SSSR count). The maximum atomic E-state index is 6.08. The largest absolute Gasteiger partial charge is 0.488 e. The molecular formula is C19H25NO. The normalized spacial score (nSPS) is 10.6. The van der Waals surface area contributed by atoms with E-state index < -0.39 is 0 Å². The van der Waals surface area contributed by atoms with Crippen molar-refractivity contribution in [1.29, 1.82) is 0 Å². The van der Waals surface area contributed by atoms with Crippen molar-refractivity contribution in [2.24, 2.45) is 0 Å². The summed E-state index contributed by atoms with van der Waals surface area (Å²) in [6.07, 6.45) is 1.08. The molecule has 0 aliphatic rings. The molecule has 0 atom stereocenters. The van der Waals surface area contributed by atoms with Crippen molar-refractivity contribution < 1.29 is 4.74 Å². The van der Waals surface area contributed by atoms with Crippen molar-refractivity contribution in [3.63, 3.8) is 0 Å². The van der Waals surface area contributed by atoms with Gasteiger partial charge in [0.15, 0.2) is 0 Å². The van der Waals surface area contributed by atoms with E-state index in [1.807, 2.05) is 0 Å². The Morgan fingerprint density at radius 1 is 0.952 bits per heavy atom. The molecule has 0 aliphatic carbocycles. The highest BCUT2D eigenvalue weighted by Crippen LogP contribution is 2.24. The molecule has 0 saturated carbocycles. The number of para-hydroxylation sites is 1. The standard InChI is InChI=1S/C19H25NO/c1-4-16-9-11-17(12-10-16)14-21-19-15(3)7-6-8-18(19)13-20-5-2/h6-12,20H,4-5,13-14H2,1-3H3. The Bertz CT molecular complexity index is 560. The third-order valence-electron chi connectivity index (χ3n) is 3.67. The third-order valence-corrected chi connectivity index (χ3v) is 3.67. The van der Waals surface area contributed by atoms with Crippen LogP contribution in [0.2, 0.25) is 0 Å². The zero-order chi connectivity index (χ0) is 15.1. The fourth-order valence-electron chi connectivity index (χ4n) is 2.35. The number of hydrogen-bond donors (Lipinski definition) is 1. The highest BCUT2D eigenvalue weighted by atomic mass is 16.5. The smallest absolute Gasteiger partial charge is 0.127 e. The molecule has 2 aromatic rings. The molecular weight excluding hydrogens is 258 g/mol. The molecule has 0 amide bonds. The predicted molar refractivity (Wildman–Crippen MR) is 88.7 cm³/mol. The fourth-order valence-corrected chi connectivity index (χ4v) is 2.35. The van der Waals surface area contributed by atoms with Crippen molar-refractivity contribution in [3.8, 4) is 5.75 Å². The Morgan fingerprint density at radius 3 is 2.33 bits per heavy atom. The second-order valence-electron chi connectivity index (χ2n) is 5.30. The predicted octanol–water partition coefficient (Wildman–Crippen LogP) is 4.25. The Labute approximate surface area is 128 Å². The SMILES string of the molecule is CCNCc1cccc(C)c1OCc1ccc(CC)cc1. The first-order valence-electron chi connectivity index (χ1n) is 7.74. The van der Waals surface area contributed by atoms with Gasteiger partial charge in [-0.15, -0.1) is 0 Å². The minimum absolute atomic E-state index is 0.619. The Kier molecular flexibility index (Phi) is 5.82. The van der Waals surface area contributed by atoms with Gasteiger partial charge in [-0.05, 0) is 36.6 Å². The van der Waals surface area contributed by atoms with Crippen molar-refractivity contribution in [1.82, 2.24) is 5.32 Å². The molecule has 0 aliphatic heterocycles. The highest BCUT2D eigenvalue weighted by Gasteiger charge is 2.07. The summed E-state index contributed by atoms with van der Waals surface area (Å²) in [6.45, 7) is 8.82. The molecule has 2 heteroatoms. The molecule has 2 aromatic carbocycles. The van der Waals surface area contributed by atoms with Gasteiger partial charge in [0.1, 0.15) is 12.4 Å². The molecule has 0 radical (unpaired) electrons. The minimum atomic E-state index is 0.619. The van der Waals surface area contributed by atoms with Crippen LogP contribution in [-0.2, 0) is 19.6 Å². The number of ether oxygens (including phenoxy) is 1. The third kappa shape index (κ3) is 4.33. The first-order chi connectivity index (χ1) is 10.2. The van der Waals surface area contributed by atoms with Gasteiger partial charge in [0.2, 0.25) is 0 Å². The van der Waals surface area contributed by atoms with Crippen LogP contribution >= 0.6 is 0 Å². The molecule has 0 unspecified atom stereocenters. The van der Waals surface area contributed by atoms with Crippen LogP contribution in [0.1, 0.15) is 36.1 Å². The van der Waals surface area contributed by atoms with Crippen molar-refractivity contribution in [3.05, 3.63) is 64.7 Å². The molecule has 112 valence electrons. The second kappa shape index (κ2) is 7.84. The number of nitrogens with one attached hydrogen (secondary N) is 1. The van der Waals surface area contributed by atoms with Crippen LogP contribution in [0.15, 0.2) is 42.5 Å². The maximum Gasteiger partial charge on any atom is 0.127 e. The first-order valence-corrected chi connectivity index (χ1v) is 7.74. The monoisotopic (exact) mass is 283 g/mol. The summed E-state index contributed by atoms with van der Waals surface area (Å²) in [4.78, 5) is 0. The van der Waals surface area contributed by atoms with Crippen LogP contribution < -0.4 is 10.1 Å². The van der Waals surface area contributed by atoms with E-state index in [9.17, 15) is 0 Å². The molecule has 0 aromatic heterocycles. The van der Waals surface area contributed by atoms with Gasteiger partial charge in [-0.2, -0.15) is 0 Å².